The van der Waals surface area contributed by atoms with Crippen molar-refractivity contribution < 1.29 is 0 Å². The van der Waals surface area contributed by atoms with Crippen LogP contribution in [0, 0.1) is 6.92 Å². The van der Waals surface area contributed by atoms with Gasteiger partial charge in [0.05, 0.1) is 5.52 Å². The van der Waals surface area contributed by atoms with Crippen molar-refractivity contribution in [3.05, 3.63) is 49.0 Å². The molecule has 0 amide bonds. The number of fused-ring (bicyclic) bond motifs is 1. The van der Waals surface area contributed by atoms with Crippen LogP contribution >= 0.6 is 0 Å². The van der Waals surface area contributed by atoms with Crippen molar-refractivity contribution in [3.8, 4) is 0 Å². The van der Waals surface area contributed by atoms with E-state index in [0.29, 0.717) is 0 Å². The first-order chi connectivity index (χ1) is 8.90. The zero-order valence-electron chi connectivity index (χ0n) is 11.1. The van der Waals surface area contributed by atoms with Gasteiger partial charge in [0.25, 0.3) is 0 Å². The largest absolute Gasteiger partial charge is 0.253 e. The first-order valence-electron chi connectivity index (χ1n) is 7.04. The van der Waals surface area contributed by atoms with Crippen molar-refractivity contribution in [1.29, 1.82) is 0 Å². The minimum atomic E-state index is 1.08. The minimum Gasteiger partial charge on any atom is -0.253 e. The third-order valence-corrected chi connectivity index (χ3v) is 3.34. The Balaban J connectivity index is 1.81. The topological polar surface area (TPSA) is 12.9 Å². The molecule has 0 bridgehead atoms. The molecule has 1 aromatic carbocycles. The number of pyridine rings is 1. The molecule has 0 fully saturated rings. The second-order valence-electron chi connectivity index (χ2n) is 4.87. The zero-order chi connectivity index (χ0) is 12.6. The van der Waals surface area contributed by atoms with E-state index in [-0.39, 0.29) is 0 Å². The predicted octanol–water partition coefficient (Wildman–Crippen LogP) is 4.95. The molecule has 1 aromatic heterocycles. The Hall–Kier alpha value is -1.37. The Labute approximate surface area is 110 Å². The van der Waals surface area contributed by atoms with Crippen LogP contribution in [0.2, 0.25) is 0 Å². The molecule has 0 saturated heterocycles. The number of aryl methyl sites for hydroxylation is 1. The highest BCUT2D eigenvalue weighted by atomic mass is 14.7. The van der Waals surface area contributed by atoms with Crippen molar-refractivity contribution in [1.82, 2.24) is 4.98 Å². The first kappa shape index (κ1) is 13.1. The summed E-state index contributed by atoms with van der Waals surface area (Å²) < 4.78 is 0. The molecule has 0 aliphatic rings. The summed E-state index contributed by atoms with van der Waals surface area (Å²) in [6.07, 6.45) is 8.68. The molecular weight excluding hydrogens is 218 g/mol. The summed E-state index contributed by atoms with van der Waals surface area (Å²) in [7, 11) is 0. The van der Waals surface area contributed by atoms with Gasteiger partial charge in [0, 0.05) is 11.1 Å². The van der Waals surface area contributed by atoms with E-state index in [1.807, 2.05) is 0 Å². The van der Waals surface area contributed by atoms with Crippen molar-refractivity contribution in [2.45, 2.75) is 44.9 Å². The van der Waals surface area contributed by atoms with E-state index in [1.165, 1.54) is 43.2 Å². The number of hydrogen-bond donors (Lipinski definition) is 0. The number of hydrogen-bond acceptors (Lipinski definition) is 1. The average Bonchev–Trinajstić information content (AvgIpc) is 2.42. The maximum absolute atomic E-state index is 4.70. The van der Waals surface area contributed by atoms with Gasteiger partial charge in [-0.15, -0.1) is 0 Å². The second kappa shape index (κ2) is 7.15. The number of benzene rings is 1. The molecular formula is C17H22N. The lowest BCUT2D eigenvalue weighted by atomic mass is 10.1. The summed E-state index contributed by atoms with van der Waals surface area (Å²) in [6.45, 7) is 3.87. The Morgan fingerprint density at radius 1 is 0.833 bits per heavy atom. The molecule has 1 radical (unpaired) electrons. The average molecular weight is 240 g/mol. The number of nitrogens with zero attached hydrogens (tertiary/aromatic N) is 1. The van der Waals surface area contributed by atoms with E-state index in [2.05, 4.69) is 43.3 Å². The SMILES string of the molecule is [CH2]CCCCCCCc1ccc2ccccc2n1. The van der Waals surface area contributed by atoms with Gasteiger partial charge in [0.2, 0.25) is 0 Å². The first-order valence-corrected chi connectivity index (χ1v) is 7.04. The Morgan fingerprint density at radius 3 is 2.50 bits per heavy atom. The summed E-state index contributed by atoms with van der Waals surface area (Å²) in [5, 5.41) is 1.23. The van der Waals surface area contributed by atoms with Gasteiger partial charge in [-0.05, 0) is 25.0 Å². The van der Waals surface area contributed by atoms with Gasteiger partial charge in [-0.3, -0.25) is 4.98 Å². The van der Waals surface area contributed by atoms with Crippen LogP contribution in [0.25, 0.3) is 10.9 Å². The lowest BCUT2D eigenvalue weighted by molar-refractivity contribution is 0.614. The lowest BCUT2D eigenvalue weighted by Gasteiger charge is -2.03. The summed E-state index contributed by atoms with van der Waals surface area (Å²) in [5.41, 5.74) is 2.35. The van der Waals surface area contributed by atoms with E-state index in [1.54, 1.807) is 0 Å². The monoisotopic (exact) mass is 240 g/mol. The third kappa shape index (κ3) is 3.83. The maximum Gasteiger partial charge on any atom is 0.0705 e. The fraction of sp³-hybridized carbons (Fsp3) is 0.412. The number of rotatable bonds is 7. The van der Waals surface area contributed by atoms with Crippen LogP contribution in [0.4, 0.5) is 0 Å². The van der Waals surface area contributed by atoms with Crippen LogP contribution in [0.1, 0.15) is 44.2 Å². The maximum atomic E-state index is 4.70. The zero-order valence-corrected chi connectivity index (χ0v) is 11.1. The molecule has 95 valence electrons. The fourth-order valence-corrected chi connectivity index (χ4v) is 2.26. The van der Waals surface area contributed by atoms with Crippen LogP contribution in [-0.4, -0.2) is 4.98 Å². The number of aromatic nitrogens is 1. The fourth-order valence-electron chi connectivity index (χ4n) is 2.26. The molecule has 0 aliphatic heterocycles. The number of para-hydroxylation sites is 1. The highest BCUT2D eigenvalue weighted by Gasteiger charge is 1.98. The predicted molar refractivity (Wildman–Crippen MR) is 78.5 cm³/mol. The van der Waals surface area contributed by atoms with Crippen LogP contribution in [0.15, 0.2) is 36.4 Å². The van der Waals surface area contributed by atoms with Gasteiger partial charge in [0.15, 0.2) is 0 Å². The molecule has 18 heavy (non-hydrogen) atoms. The highest BCUT2D eigenvalue weighted by molar-refractivity contribution is 5.78. The molecule has 1 heteroatoms. The molecule has 0 spiro atoms. The molecule has 1 heterocycles. The van der Waals surface area contributed by atoms with E-state index in [4.69, 9.17) is 4.98 Å². The molecule has 0 N–H and O–H groups in total. The van der Waals surface area contributed by atoms with Gasteiger partial charge >= 0.3 is 0 Å². The Kier molecular flexibility index (Phi) is 5.19. The minimum absolute atomic E-state index is 1.08. The van der Waals surface area contributed by atoms with Crippen molar-refractivity contribution in [2.75, 3.05) is 0 Å². The van der Waals surface area contributed by atoms with Gasteiger partial charge in [-0.1, -0.05) is 63.3 Å². The molecule has 0 unspecified atom stereocenters. The van der Waals surface area contributed by atoms with Crippen LogP contribution in [0.5, 0.6) is 0 Å². The van der Waals surface area contributed by atoms with E-state index >= 15 is 0 Å². The molecule has 0 saturated carbocycles. The van der Waals surface area contributed by atoms with E-state index < -0.39 is 0 Å². The normalized spacial score (nSPS) is 10.9. The highest BCUT2D eigenvalue weighted by Crippen LogP contribution is 2.14. The van der Waals surface area contributed by atoms with Crippen molar-refractivity contribution in [3.63, 3.8) is 0 Å². The smallest absolute Gasteiger partial charge is 0.0705 e. The van der Waals surface area contributed by atoms with Gasteiger partial charge in [-0.25, -0.2) is 0 Å². The molecule has 2 aromatic rings. The summed E-state index contributed by atoms with van der Waals surface area (Å²) in [6, 6.07) is 12.7. The lowest BCUT2D eigenvalue weighted by Crippen LogP contribution is -1.91. The molecule has 0 atom stereocenters. The molecule has 0 aliphatic carbocycles. The van der Waals surface area contributed by atoms with E-state index in [9.17, 15) is 0 Å². The summed E-state index contributed by atoms with van der Waals surface area (Å²) >= 11 is 0. The van der Waals surface area contributed by atoms with Crippen LogP contribution < -0.4 is 0 Å². The summed E-state index contributed by atoms with van der Waals surface area (Å²) in [5.74, 6) is 0. The standard InChI is InChI=1S/C17H22N/c1-2-3-4-5-6-7-11-16-14-13-15-10-8-9-12-17(15)18-16/h8-10,12-14H,1-7,11H2. The van der Waals surface area contributed by atoms with Crippen LogP contribution in [0.3, 0.4) is 0 Å². The van der Waals surface area contributed by atoms with E-state index in [0.717, 1.165) is 18.4 Å². The van der Waals surface area contributed by atoms with Crippen molar-refractivity contribution in [2.24, 2.45) is 0 Å². The van der Waals surface area contributed by atoms with Crippen LogP contribution in [-0.2, 0) is 6.42 Å². The van der Waals surface area contributed by atoms with Gasteiger partial charge < -0.3 is 0 Å². The van der Waals surface area contributed by atoms with Crippen molar-refractivity contribution >= 4 is 10.9 Å². The third-order valence-electron chi connectivity index (χ3n) is 3.34. The molecule has 2 rings (SSSR count). The Bertz CT molecular complexity index is 476. The second-order valence-corrected chi connectivity index (χ2v) is 4.87. The molecule has 1 nitrogen and oxygen atoms in total. The number of unbranched alkanes of at least 4 members (excludes halogenated alkanes) is 5. The Morgan fingerprint density at radius 2 is 1.61 bits per heavy atom. The van der Waals surface area contributed by atoms with Gasteiger partial charge in [-0.2, -0.15) is 0 Å². The van der Waals surface area contributed by atoms with Gasteiger partial charge in [0.1, 0.15) is 0 Å². The summed E-state index contributed by atoms with van der Waals surface area (Å²) in [4.78, 5) is 4.70. The quantitative estimate of drug-likeness (QED) is 0.624.